The fourth-order valence-electron chi connectivity index (χ4n) is 1.24. The lowest BCUT2D eigenvalue weighted by Crippen LogP contribution is -2.45. The fraction of sp³-hybridized carbons (Fsp3) is 0.273. The number of aryl methyl sites for hydroxylation is 1. The van der Waals surface area contributed by atoms with Gasteiger partial charge in [-0.05, 0) is 40.5 Å². The highest BCUT2D eigenvalue weighted by molar-refractivity contribution is 9.10. The van der Waals surface area contributed by atoms with E-state index in [0.29, 0.717) is 10.2 Å². The molecule has 0 unspecified atom stereocenters. The van der Waals surface area contributed by atoms with Crippen LogP contribution in [0, 0.1) is 6.92 Å². The monoisotopic (exact) mass is 316 g/mol. The van der Waals surface area contributed by atoms with Crippen LogP contribution in [0.15, 0.2) is 22.7 Å². The van der Waals surface area contributed by atoms with E-state index in [0.717, 1.165) is 5.56 Å². The largest absolute Gasteiger partial charge is 0.480 e. The van der Waals surface area contributed by atoms with Gasteiger partial charge in [-0.3, -0.25) is 0 Å². The van der Waals surface area contributed by atoms with E-state index in [9.17, 15) is 9.59 Å². The molecule has 0 radical (unpaired) electrons. The van der Waals surface area contributed by atoms with Crippen molar-refractivity contribution in [1.82, 2.24) is 5.32 Å². The van der Waals surface area contributed by atoms with Crippen LogP contribution in [0.3, 0.4) is 0 Å². The number of nitrogens with one attached hydrogen (secondary N) is 2. The molecule has 0 fully saturated rings. The third kappa shape index (κ3) is 4.01. The van der Waals surface area contributed by atoms with Gasteiger partial charge in [0.15, 0.2) is 6.04 Å². The predicted molar refractivity (Wildman–Crippen MR) is 69.5 cm³/mol. The van der Waals surface area contributed by atoms with E-state index in [-0.39, 0.29) is 0 Å². The molecule has 2 amide bonds. The minimum absolute atomic E-state index is 0.523. The maximum absolute atomic E-state index is 11.5. The standard InChI is InChI=1S/C11H13BrN2O4/c1-6-2-3-7(12)8(4-6)13-11(18)14-9(5-15)10(16)17/h2-4,9,15H,5H2,1H3,(H,16,17)(H2,13,14,18)/t9-/m0/s1. The summed E-state index contributed by atoms with van der Waals surface area (Å²) < 4.78 is 0.680. The Labute approximate surface area is 112 Å². The van der Waals surface area contributed by atoms with E-state index in [1.807, 2.05) is 13.0 Å². The summed E-state index contributed by atoms with van der Waals surface area (Å²) in [6, 6.07) is 3.35. The second-order valence-corrected chi connectivity index (χ2v) is 4.51. The highest BCUT2D eigenvalue weighted by Gasteiger charge is 2.18. The Kier molecular flexibility index (Phi) is 5.11. The van der Waals surface area contributed by atoms with E-state index >= 15 is 0 Å². The Balaban J connectivity index is 2.70. The molecule has 0 aromatic heterocycles. The van der Waals surface area contributed by atoms with Crippen LogP contribution in [0.2, 0.25) is 0 Å². The van der Waals surface area contributed by atoms with Gasteiger partial charge >= 0.3 is 12.0 Å². The number of aliphatic carboxylic acids is 1. The van der Waals surface area contributed by atoms with Gasteiger partial charge < -0.3 is 20.8 Å². The first kappa shape index (κ1) is 14.5. The number of hydrogen-bond donors (Lipinski definition) is 4. The molecule has 98 valence electrons. The number of anilines is 1. The number of hydrogen-bond acceptors (Lipinski definition) is 3. The van der Waals surface area contributed by atoms with Crippen molar-refractivity contribution < 1.29 is 19.8 Å². The zero-order valence-electron chi connectivity index (χ0n) is 9.61. The summed E-state index contributed by atoms with van der Waals surface area (Å²) in [7, 11) is 0. The molecular formula is C11H13BrN2O4. The molecule has 0 aliphatic rings. The number of carboxylic acids is 1. The Morgan fingerprint density at radius 1 is 1.44 bits per heavy atom. The summed E-state index contributed by atoms with van der Waals surface area (Å²) in [4.78, 5) is 22.2. The van der Waals surface area contributed by atoms with Gasteiger partial charge in [0.2, 0.25) is 0 Å². The molecular weight excluding hydrogens is 304 g/mol. The van der Waals surface area contributed by atoms with Crippen molar-refractivity contribution in [2.45, 2.75) is 13.0 Å². The lowest BCUT2D eigenvalue weighted by molar-refractivity contribution is -0.140. The maximum Gasteiger partial charge on any atom is 0.328 e. The second-order valence-electron chi connectivity index (χ2n) is 3.66. The summed E-state index contributed by atoms with van der Waals surface area (Å²) >= 11 is 3.26. The molecule has 0 bridgehead atoms. The van der Waals surface area contributed by atoms with Gasteiger partial charge in [-0.15, -0.1) is 0 Å². The molecule has 0 spiro atoms. The van der Waals surface area contributed by atoms with Gasteiger partial charge in [0.05, 0.1) is 12.3 Å². The average molecular weight is 317 g/mol. The van der Waals surface area contributed by atoms with Crippen LogP contribution in [-0.2, 0) is 4.79 Å². The highest BCUT2D eigenvalue weighted by Crippen LogP contribution is 2.23. The average Bonchev–Trinajstić information content (AvgIpc) is 2.30. The van der Waals surface area contributed by atoms with Crippen LogP contribution in [0.25, 0.3) is 0 Å². The zero-order valence-corrected chi connectivity index (χ0v) is 11.2. The van der Waals surface area contributed by atoms with Crippen LogP contribution in [-0.4, -0.2) is 34.9 Å². The minimum Gasteiger partial charge on any atom is -0.480 e. The van der Waals surface area contributed by atoms with E-state index in [1.165, 1.54) is 0 Å². The van der Waals surface area contributed by atoms with Gasteiger partial charge in [0.25, 0.3) is 0 Å². The van der Waals surface area contributed by atoms with Crippen molar-refractivity contribution in [3.05, 3.63) is 28.2 Å². The number of urea groups is 1. The number of amides is 2. The molecule has 0 aliphatic heterocycles. The van der Waals surface area contributed by atoms with Crippen LogP contribution in [0.4, 0.5) is 10.5 Å². The topological polar surface area (TPSA) is 98.7 Å². The number of halogens is 1. The molecule has 0 aliphatic carbocycles. The van der Waals surface area contributed by atoms with Gasteiger partial charge in [-0.1, -0.05) is 6.07 Å². The van der Waals surface area contributed by atoms with Crippen molar-refractivity contribution in [2.24, 2.45) is 0 Å². The molecule has 18 heavy (non-hydrogen) atoms. The number of aliphatic hydroxyl groups is 1. The Hall–Kier alpha value is -1.60. The van der Waals surface area contributed by atoms with Crippen molar-refractivity contribution >= 4 is 33.6 Å². The quantitative estimate of drug-likeness (QED) is 0.673. The lowest BCUT2D eigenvalue weighted by atomic mass is 10.2. The molecule has 1 aromatic rings. The number of benzene rings is 1. The van der Waals surface area contributed by atoms with E-state index in [4.69, 9.17) is 10.2 Å². The lowest BCUT2D eigenvalue weighted by Gasteiger charge is -2.13. The molecule has 7 heteroatoms. The first-order chi connectivity index (χ1) is 8.43. The van der Waals surface area contributed by atoms with Crippen molar-refractivity contribution in [1.29, 1.82) is 0 Å². The Morgan fingerprint density at radius 2 is 2.11 bits per heavy atom. The van der Waals surface area contributed by atoms with Crippen molar-refractivity contribution in [2.75, 3.05) is 11.9 Å². The summed E-state index contributed by atoms with van der Waals surface area (Å²) in [5, 5.41) is 22.1. The summed E-state index contributed by atoms with van der Waals surface area (Å²) in [5.41, 5.74) is 1.47. The van der Waals surface area contributed by atoms with Gasteiger partial charge in [0, 0.05) is 4.47 Å². The molecule has 0 saturated carbocycles. The van der Waals surface area contributed by atoms with Crippen molar-refractivity contribution in [3.8, 4) is 0 Å². The molecule has 1 aromatic carbocycles. The SMILES string of the molecule is Cc1ccc(Br)c(NC(=O)N[C@@H](CO)C(=O)O)c1. The van der Waals surface area contributed by atoms with Crippen molar-refractivity contribution in [3.63, 3.8) is 0 Å². The summed E-state index contributed by atoms with van der Waals surface area (Å²) in [5.74, 6) is -1.30. The molecule has 1 rings (SSSR count). The molecule has 6 nitrogen and oxygen atoms in total. The third-order valence-electron chi connectivity index (χ3n) is 2.16. The first-order valence-electron chi connectivity index (χ1n) is 5.11. The minimum atomic E-state index is -1.33. The highest BCUT2D eigenvalue weighted by atomic mass is 79.9. The number of carboxylic acid groups (broad SMARTS) is 1. The van der Waals surface area contributed by atoms with Crippen LogP contribution >= 0.6 is 15.9 Å². The van der Waals surface area contributed by atoms with Crippen LogP contribution in [0.1, 0.15) is 5.56 Å². The third-order valence-corrected chi connectivity index (χ3v) is 2.85. The number of carbonyl (C=O) groups is 2. The van der Waals surface area contributed by atoms with E-state index in [1.54, 1.807) is 12.1 Å². The van der Waals surface area contributed by atoms with Gasteiger partial charge in [0.1, 0.15) is 0 Å². The molecule has 1 atom stereocenters. The second kappa shape index (κ2) is 6.36. The normalized spacial score (nSPS) is 11.7. The van der Waals surface area contributed by atoms with Gasteiger partial charge in [-0.2, -0.15) is 0 Å². The predicted octanol–water partition coefficient (Wildman–Crippen LogP) is 1.32. The molecule has 4 N–H and O–H groups in total. The first-order valence-corrected chi connectivity index (χ1v) is 5.90. The Bertz CT molecular complexity index is 464. The number of rotatable bonds is 4. The van der Waals surface area contributed by atoms with E-state index in [2.05, 4.69) is 26.6 Å². The molecule has 0 heterocycles. The van der Waals surface area contributed by atoms with Crippen LogP contribution < -0.4 is 10.6 Å². The van der Waals surface area contributed by atoms with Crippen LogP contribution in [0.5, 0.6) is 0 Å². The maximum atomic E-state index is 11.5. The smallest absolute Gasteiger partial charge is 0.328 e. The Morgan fingerprint density at radius 3 is 2.67 bits per heavy atom. The molecule has 0 saturated heterocycles. The number of aliphatic hydroxyl groups excluding tert-OH is 1. The van der Waals surface area contributed by atoms with E-state index < -0.39 is 24.6 Å². The summed E-state index contributed by atoms with van der Waals surface area (Å²) in [6.45, 7) is 1.20. The fourth-order valence-corrected chi connectivity index (χ4v) is 1.58. The zero-order chi connectivity index (χ0) is 13.7. The number of carbonyl (C=O) groups excluding carboxylic acids is 1. The summed E-state index contributed by atoms with van der Waals surface area (Å²) in [6.07, 6.45) is 0. The van der Waals surface area contributed by atoms with Gasteiger partial charge in [-0.25, -0.2) is 9.59 Å².